The number of aromatic carboxylic acids is 1. The SMILES string of the molecule is O=C(O)c1ccn(S(=O)(=O)c2ccccc2)c1. The molecule has 0 saturated heterocycles. The first-order chi connectivity index (χ1) is 8.01. The third-order valence-electron chi connectivity index (χ3n) is 2.23. The average molecular weight is 251 g/mol. The Balaban J connectivity index is 2.49. The number of carboxylic acids is 1. The highest BCUT2D eigenvalue weighted by molar-refractivity contribution is 7.90. The van der Waals surface area contributed by atoms with Gasteiger partial charge in [-0.1, -0.05) is 18.2 Å². The number of benzene rings is 1. The minimum atomic E-state index is -3.70. The Bertz CT molecular complexity index is 643. The molecule has 0 spiro atoms. The van der Waals surface area contributed by atoms with Crippen molar-refractivity contribution in [3.63, 3.8) is 0 Å². The highest BCUT2D eigenvalue weighted by Crippen LogP contribution is 2.14. The second-order valence-corrected chi connectivity index (χ2v) is 5.20. The van der Waals surface area contributed by atoms with Crippen LogP contribution < -0.4 is 0 Å². The molecule has 0 atom stereocenters. The predicted octanol–water partition coefficient (Wildman–Crippen LogP) is 1.42. The number of aromatic nitrogens is 1. The molecule has 0 bridgehead atoms. The topological polar surface area (TPSA) is 76.4 Å². The van der Waals surface area contributed by atoms with Gasteiger partial charge < -0.3 is 5.11 Å². The molecular weight excluding hydrogens is 242 g/mol. The van der Waals surface area contributed by atoms with Crippen LogP contribution >= 0.6 is 0 Å². The Kier molecular flexibility index (Phi) is 2.72. The van der Waals surface area contributed by atoms with E-state index in [1.165, 1.54) is 24.4 Å². The van der Waals surface area contributed by atoms with Gasteiger partial charge in [0.05, 0.1) is 10.5 Å². The maximum atomic E-state index is 12.0. The summed E-state index contributed by atoms with van der Waals surface area (Å²) in [4.78, 5) is 10.8. The van der Waals surface area contributed by atoms with Crippen molar-refractivity contribution in [3.05, 3.63) is 54.4 Å². The lowest BCUT2D eigenvalue weighted by Gasteiger charge is -2.04. The molecule has 1 aromatic carbocycles. The maximum absolute atomic E-state index is 12.0. The Morgan fingerprint density at radius 1 is 1.12 bits per heavy atom. The molecule has 17 heavy (non-hydrogen) atoms. The van der Waals surface area contributed by atoms with Crippen LogP contribution in [0, 0.1) is 0 Å². The lowest BCUT2D eigenvalue weighted by molar-refractivity contribution is 0.0697. The van der Waals surface area contributed by atoms with E-state index in [-0.39, 0.29) is 10.5 Å². The van der Waals surface area contributed by atoms with E-state index in [9.17, 15) is 13.2 Å². The summed E-state index contributed by atoms with van der Waals surface area (Å²) >= 11 is 0. The molecule has 0 aliphatic heterocycles. The predicted molar refractivity (Wildman–Crippen MR) is 60.4 cm³/mol. The van der Waals surface area contributed by atoms with E-state index >= 15 is 0 Å². The van der Waals surface area contributed by atoms with Gasteiger partial charge in [-0.15, -0.1) is 0 Å². The van der Waals surface area contributed by atoms with E-state index in [4.69, 9.17) is 5.11 Å². The van der Waals surface area contributed by atoms with Crippen LogP contribution in [0.1, 0.15) is 10.4 Å². The second kappa shape index (κ2) is 4.06. The largest absolute Gasteiger partial charge is 0.478 e. The summed E-state index contributed by atoms with van der Waals surface area (Å²) in [5, 5.41) is 8.73. The van der Waals surface area contributed by atoms with Gasteiger partial charge in [-0.2, -0.15) is 0 Å². The highest BCUT2D eigenvalue weighted by atomic mass is 32.2. The molecule has 6 heteroatoms. The van der Waals surface area contributed by atoms with Crippen LogP contribution in [0.2, 0.25) is 0 Å². The summed E-state index contributed by atoms with van der Waals surface area (Å²) in [6.07, 6.45) is 2.29. The van der Waals surface area contributed by atoms with Crippen molar-refractivity contribution < 1.29 is 18.3 Å². The molecule has 0 fully saturated rings. The molecule has 1 aromatic heterocycles. The lowest BCUT2D eigenvalue weighted by Crippen LogP contribution is -2.10. The summed E-state index contributed by atoms with van der Waals surface area (Å²) in [7, 11) is -3.70. The van der Waals surface area contributed by atoms with Gasteiger partial charge in [-0.3, -0.25) is 0 Å². The highest BCUT2D eigenvalue weighted by Gasteiger charge is 2.17. The molecule has 0 aliphatic rings. The van der Waals surface area contributed by atoms with Crippen molar-refractivity contribution in [3.8, 4) is 0 Å². The Labute approximate surface area is 98.0 Å². The number of carbonyl (C=O) groups is 1. The first-order valence-corrected chi connectivity index (χ1v) is 6.18. The number of rotatable bonds is 3. The van der Waals surface area contributed by atoms with Gasteiger partial charge in [0.15, 0.2) is 0 Å². The summed E-state index contributed by atoms with van der Waals surface area (Å²) in [5.74, 6) is -1.16. The third kappa shape index (κ3) is 2.07. The number of nitrogens with zero attached hydrogens (tertiary/aromatic N) is 1. The number of hydrogen-bond acceptors (Lipinski definition) is 3. The first kappa shape index (κ1) is 11.4. The van der Waals surface area contributed by atoms with Gasteiger partial charge in [0.2, 0.25) is 0 Å². The third-order valence-corrected chi connectivity index (χ3v) is 3.88. The van der Waals surface area contributed by atoms with Crippen molar-refractivity contribution in [1.29, 1.82) is 0 Å². The van der Waals surface area contributed by atoms with E-state index in [2.05, 4.69) is 0 Å². The monoisotopic (exact) mass is 251 g/mol. The normalized spacial score (nSPS) is 11.3. The van der Waals surface area contributed by atoms with E-state index in [0.717, 1.165) is 10.2 Å². The van der Waals surface area contributed by atoms with Crippen molar-refractivity contribution in [2.75, 3.05) is 0 Å². The molecule has 2 aromatic rings. The molecule has 0 radical (unpaired) electrons. The van der Waals surface area contributed by atoms with Crippen LogP contribution in [-0.4, -0.2) is 23.5 Å². The lowest BCUT2D eigenvalue weighted by atomic mass is 10.4. The van der Waals surface area contributed by atoms with E-state index in [0.29, 0.717) is 0 Å². The molecule has 1 heterocycles. The maximum Gasteiger partial charge on any atom is 0.337 e. The summed E-state index contributed by atoms with van der Waals surface area (Å²) < 4.78 is 25.0. The van der Waals surface area contributed by atoms with Crippen molar-refractivity contribution in [1.82, 2.24) is 3.97 Å². The van der Waals surface area contributed by atoms with E-state index in [1.54, 1.807) is 18.2 Å². The minimum absolute atomic E-state index is 0.0653. The van der Waals surface area contributed by atoms with Gasteiger partial charge in [-0.05, 0) is 18.2 Å². The molecule has 0 unspecified atom stereocenters. The summed E-state index contributed by atoms with van der Waals surface area (Å²) in [6, 6.07) is 9.06. The standard InChI is InChI=1S/C11H9NO4S/c13-11(14)9-6-7-12(8-9)17(15,16)10-4-2-1-3-5-10/h1-8H,(H,13,14). The summed E-state index contributed by atoms with van der Waals surface area (Å²) in [6.45, 7) is 0. The minimum Gasteiger partial charge on any atom is -0.478 e. The Morgan fingerprint density at radius 3 is 2.29 bits per heavy atom. The van der Waals surface area contributed by atoms with Gasteiger partial charge in [0.1, 0.15) is 0 Å². The van der Waals surface area contributed by atoms with Crippen LogP contribution in [-0.2, 0) is 10.0 Å². The smallest absolute Gasteiger partial charge is 0.337 e. The van der Waals surface area contributed by atoms with Gasteiger partial charge in [0.25, 0.3) is 10.0 Å². The van der Waals surface area contributed by atoms with Crippen LogP contribution in [0.5, 0.6) is 0 Å². The van der Waals surface area contributed by atoms with Crippen LogP contribution in [0.25, 0.3) is 0 Å². The van der Waals surface area contributed by atoms with Gasteiger partial charge >= 0.3 is 5.97 Å². The van der Waals surface area contributed by atoms with Crippen LogP contribution in [0.4, 0.5) is 0 Å². The van der Waals surface area contributed by atoms with Gasteiger partial charge in [0, 0.05) is 12.4 Å². The van der Waals surface area contributed by atoms with E-state index < -0.39 is 16.0 Å². The zero-order chi connectivity index (χ0) is 12.5. The van der Waals surface area contributed by atoms with Crippen molar-refractivity contribution in [2.24, 2.45) is 0 Å². The number of hydrogen-bond donors (Lipinski definition) is 1. The molecule has 2 rings (SSSR count). The molecule has 0 aliphatic carbocycles. The molecule has 0 amide bonds. The first-order valence-electron chi connectivity index (χ1n) is 4.74. The molecule has 1 N–H and O–H groups in total. The van der Waals surface area contributed by atoms with Crippen molar-refractivity contribution in [2.45, 2.75) is 4.90 Å². The number of carboxylic acid groups (broad SMARTS) is 1. The van der Waals surface area contributed by atoms with Crippen LogP contribution in [0.15, 0.2) is 53.7 Å². The Morgan fingerprint density at radius 2 is 1.76 bits per heavy atom. The molecular formula is C11H9NO4S. The average Bonchev–Trinajstić information content (AvgIpc) is 2.80. The molecule has 0 saturated carbocycles. The fraction of sp³-hybridized carbons (Fsp3) is 0. The zero-order valence-corrected chi connectivity index (χ0v) is 9.46. The van der Waals surface area contributed by atoms with Gasteiger partial charge in [-0.25, -0.2) is 17.2 Å². The van der Waals surface area contributed by atoms with Crippen molar-refractivity contribution >= 4 is 16.0 Å². The zero-order valence-electron chi connectivity index (χ0n) is 8.65. The van der Waals surface area contributed by atoms with E-state index in [1.807, 2.05) is 0 Å². The fourth-order valence-electron chi connectivity index (χ4n) is 1.37. The Hall–Kier alpha value is -2.08. The second-order valence-electron chi connectivity index (χ2n) is 3.35. The quantitative estimate of drug-likeness (QED) is 0.895. The molecule has 88 valence electrons. The van der Waals surface area contributed by atoms with Crippen LogP contribution in [0.3, 0.4) is 0 Å². The fourth-order valence-corrected chi connectivity index (χ4v) is 2.59. The molecule has 5 nitrogen and oxygen atoms in total. The summed E-state index contributed by atoms with van der Waals surface area (Å²) in [5.41, 5.74) is -0.0653.